The van der Waals surface area contributed by atoms with Gasteiger partial charge in [-0.25, -0.2) is 0 Å². The summed E-state index contributed by atoms with van der Waals surface area (Å²) in [6.45, 7) is 6.25. The number of carbonyl (C=O) groups is 1. The molecule has 1 N–H and O–H groups in total. The van der Waals surface area contributed by atoms with Crippen LogP contribution < -0.4 is 5.32 Å². The van der Waals surface area contributed by atoms with Crippen molar-refractivity contribution in [1.82, 2.24) is 5.32 Å². The SMILES string of the molecule is CCC(CC)(CC)NC(=O)C1(C#N)CC1. The summed E-state index contributed by atoms with van der Waals surface area (Å²) in [4.78, 5) is 11.9. The fourth-order valence-corrected chi connectivity index (χ4v) is 1.89. The van der Waals surface area contributed by atoms with E-state index in [-0.39, 0.29) is 11.4 Å². The molecule has 1 amide bonds. The maximum atomic E-state index is 11.9. The molecule has 1 fully saturated rings. The standard InChI is InChI=1S/C12H20N2O/c1-4-12(5-2,6-3)14-10(15)11(9-13)7-8-11/h4-8H2,1-3H3,(H,14,15). The summed E-state index contributed by atoms with van der Waals surface area (Å²) in [5.41, 5.74) is -0.797. The summed E-state index contributed by atoms with van der Waals surface area (Å²) in [5, 5.41) is 12.0. The van der Waals surface area contributed by atoms with Gasteiger partial charge >= 0.3 is 0 Å². The van der Waals surface area contributed by atoms with Gasteiger partial charge in [0.1, 0.15) is 5.41 Å². The molecule has 1 aliphatic carbocycles. The van der Waals surface area contributed by atoms with E-state index in [9.17, 15) is 4.79 Å². The molecule has 15 heavy (non-hydrogen) atoms. The zero-order valence-electron chi connectivity index (χ0n) is 9.89. The highest BCUT2D eigenvalue weighted by Gasteiger charge is 2.51. The van der Waals surface area contributed by atoms with Gasteiger partial charge < -0.3 is 5.32 Å². The first-order chi connectivity index (χ1) is 7.08. The van der Waals surface area contributed by atoms with Gasteiger partial charge in [-0.15, -0.1) is 0 Å². The van der Waals surface area contributed by atoms with E-state index < -0.39 is 5.41 Å². The lowest BCUT2D eigenvalue weighted by molar-refractivity contribution is -0.126. The van der Waals surface area contributed by atoms with Gasteiger partial charge in [-0.1, -0.05) is 20.8 Å². The number of hydrogen-bond donors (Lipinski definition) is 1. The van der Waals surface area contributed by atoms with Crippen LogP contribution in [-0.2, 0) is 4.79 Å². The molecule has 0 atom stereocenters. The molecule has 0 spiro atoms. The fraction of sp³-hybridized carbons (Fsp3) is 0.833. The van der Waals surface area contributed by atoms with E-state index in [1.807, 2.05) is 0 Å². The minimum Gasteiger partial charge on any atom is -0.349 e. The second-order valence-electron chi connectivity index (χ2n) is 4.49. The van der Waals surface area contributed by atoms with Crippen molar-refractivity contribution in [3.05, 3.63) is 0 Å². The maximum Gasteiger partial charge on any atom is 0.240 e. The van der Waals surface area contributed by atoms with Crippen molar-refractivity contribution in [2.24, 2.45) is 5.41 Å². The average Bonchev–Trinajstić information content (AvgIpc) is 3.07. The molecule has 0 aromatic rings. The van der Waals surface area contributed by atoms with E-state index in [1.54, 1.807) is 0 Å². The molecule has 0 aromatic carbocycles. The van der Waals surface area contributed by atoms with E-state index in [4.69, 9.17) is 5.26 Å². The first-order valence-corrected chi connectivity index (χ1v) is 5.82. The number of carbonyl (C=O) groups excluding carboxylic acids is 1. The van der Waals surface area contributed by atoms with Crippen molar-refractivity contribution in [3.63, 3.8) is 0 Å². The Morgan fingerprint density at radius 1 is 1.33 bits per heavy atom. The number of amides is 1. The van der Waals surface area contributed by atoms with Gasteiger partial charge in [-0.2, -0.15) is 5.26 Å². The second kappa shape index (κ2) is 4.22. The molecule has 0 aromatic heterocycles. The minimum atomic E-state index is -0.690. The van der Waals surface area contributed by atoms with Crippen molar-refractivity contribution in [2.45, 2.75) is 58.4 Å². The number of nitrogens with one attached hydrogen (secondary N) is 1. The van der Waals surface area contributed by atoms with Crippen molar-refractivity contribution in [1.29, 1.82) is 5.26 Å². The predicted octanol–water partition coefficient (Wildman–Crippen LogP) is 2.38. The highest BCUT2D eigenvalue weighted by molar-refractivity contribution is 5.88. The molecular weight excluding hydrogens is 188 g/mol. The van der Waals surface area contributed by atoms with E-state index in [2.05, 4.69) is 32.2 Å². The van der Waals surface area contributed by atoms with Crippen LogP contribution in [0.1, 0.15) is 52.9 Å². The number of nitrogens with zero attached hydrogens (tertiary/aromatic N) is 1. The van der Waals surface area contributed by atoms with Gasteiger partial charge in [0.25, 0.3) is 0 Å². The maximum absolute atomic E-state index is 11.9. The van der Waals surface area contributed by atoms with Gasteiger partial charge in [-0.05, 0) is 32.1 Å². The van der Waals surface area contributed by atoms with E-state index in [1.165, 1.54) is 0 Å². The topological polar surface area (TPSA) is 52.9 Å². The Labute approximate surface area is 91.9 Å². The van der Waals surface area contributed by atoms with Crippen LogP contribution in [-0.4, -0.2) is 11.4 Å². The van der Waals surface area contributed by atoms with Crippen LogP contribution in [0.2, 0.25) is 0 Å². The van der Waals surface area contributed by atoms with E-state index in [0.29, 0.717) is 0 Å². The van der Waals surface area contributed by atoms with Crippen LogP contribution in [0, 0.1) is 16.7 Å². The Kier molecular flexibility index (Phi) is 3.38. The third-order valence-corrected chi connectivity index (χ3v) is 3.81. The molecule has 0 saturated heterocycles. The summed E-state index contributed by atoms with van der Waals surface area (Å²) < 4.78 is 0. The third kappa shape index (κ3) is 2.14. The Morgan fingerprint density at radius 3 is 2.07 bits per heavy atom. The normalized spacial score (nSPS) is 18.0. The zero-order valence-corrected chi connectivity index (χ0v) is 9.89. The Hall–Kier alpha value is -1.04. The summed E-state index contributed by atoms with van der Waals surface area (Å²) in [5.74, 6) is -0.0597. The van der Waals surface area contributed by atoms with Crippen molar-refractivity contribution >= 4 is 5.91 Å². The number of hydrogen-bond acceptors (Lipinski definition) is 2. The number of nitriles is 1. The first-order valence-electron chi connectivity index (χ1n) is 5.82. The predicted molar refractivity (Wildman–Crippen MR) is 59.0 cm³/mol. The highest BCUT2D eigenvalue weighted by Crippen LogP contribution is 2.45. The minimum absolute atomic E-state index is 0.0597. The third-order valence-electron chi connectivity index (χ3n) is 3.81. The second-order valence-corrected chi connectivity index (χ2v) is 4.49. The van der Waals surface area contributed by atoms with Crippen molar-refractivity contribution < 1.29 is 4.79 Å². The highest BCUT2D eigenvalue weighted by atomic mass is 16.2. The van der Waals surface area contributed by atoms with Crippen LogP contribution >= 0.6 is 0 Å². The quantitative estimate of drug-likeness (QED) is 0.754. The summed E-state index contributed by atoms with van der Waals surface area (Å²) >= 11 is 0. The average molecular weight is 208 g/mol. The van der Waals surface area contributed by atoms with Gasteiger partial charge in [-0.3, -0.25) is 4.79 Å². The molecule has 0 unspecified atom stereocenters. The van der Waals surface area contributed by atoms with Crippen LogP contribution in [0.3, 0.4) is 0 Å². The number of rotatable bonds is 5. The molecule has 3 nitrogen and oxygen atoms in total. The van der Waals surface area contributed by atoms with Crippen LogP contribution in [0.25, 0.3) is 0 Å². The van der Waals surface area contributed by atoms with E-state index >= 15 is 0 Å². The molecule has 0 heterocycles. The first kappa shape index (κ1) is 12.0. The van der Waals surface area contributed by atoms with Gasteiger partial charge in [0.15, 0.2) is 0 Å². The smallest absolute Gasteiger partial charge is 0.240 e. The van der Waals surface area contributed by atoms with Crippen molar-refractivity contribution in [2.75, 3.05) is 0 Å². The zero-order chi connectivity index (χ0) is 11.5. The van der Waals surface area contributed by atoms with Crippen LogP contribution in [0.15, 0.2) is 0 Å². The molecule has 0 bridgehead atoms. The Bertz CT molecular complexity index is 274. The largest absolute Gasteiger partial charge is 0.349 e. The van der Waals surface area contributed by atoms with Crippen molar-refractivity contribution in [3.8, 4) is 6.07 Å². The Morgan fingerprint density at radius 2 is 1.80 bits per heavy atom. The van der Waals surface area contributed by atoms with E-state index in [0.717, 1.165) is 32.1 Å². The summed E-state index contributed by atoms with van der Waals surface area (Å²) in [6, 6.07) is 2.14. The lowest BCUT2D eigenvalue weighted by Gasteiger charge is -2.32. The van der Waals surface area contributed by atoms with Gasteiger partial charge in [0, 0.05) is 5.54 Å². The molecule has 0 aliphatic heterocycles. The molecule has 3 heteroatoms. The van der Waals surface area contributed by atoms with Gasteiger partial charge in [0.05, 0.1) is 6.07 Å². The molecule has 1 aliphatic rings. The monoisotopic (exact) mass is 208 g/mol. The summed E-state index contributed by atoms with van der Waals surface area (Å²) in [6.07, 6.45) is 4.22. The van der Waals surface area contributed by atoms with Crippen LogP contribution in [0.4, 0.5) is 0 Å². The summed E-state index contributed by atoms with van der Waals surface area (Å²) in [7, 11) is 0. The molecule has 1 rings (SSSR count). The lowest BCUT2D eigenvalue weighted by atomic mass is 9.89. The molecule has 1 saturated carbocycles. The molecule has 0 radical (unpaired) electrons. The molecule has 84 valence electrons. The molecular formula is C12H20N2O. The Balaban J connectivity index is 2.68. The van der Waals surface area contributed by atoms with Gasteiger partial charge in [0.2, 0.25) is 5.91 Å². The lowest BCUT2D eigenvalue weighted by Crippen LogP contribution is -2.49. The fourth-order valence-electron chi connectivity index (χ4n) is 1.89. The van der Waals surface area contributed by atoms with Crippen LogP contribution in [0.5, 0.6) is 0 Å².